The average Bonchev–Trinajstić information content (AvgIpc) is 2.67. The van der Waals surface area contributed by atoms with Crippen molar-refractivity contribution < 1.29 is 25.9 Å². The average molecular weight is 447 g/mol. The summed E-state index contributed by atoms with van der Waals surface area (Å²) in [6.45, 7) is 7.09. The van der Waals surface area contributed by atoms with Gasteiger partial charge in [0.05, 0.1) is 4.90 Å². The number of hydrogen-bond acceptors (Lipinski definition) is 4. The molecule has 0 aliphatic heterocycles. The lowest BCUT2D eigenvalue weighted by Crippen LogP contribution is -2.03. The van der Waals surface area contributed by atoms with Gasteiger partial charge in [0.25, 0.3) is 20.2 Å². The van der Waals surface area contributed by atoms with Crippen LogP contribution in [0.2, 0.25) is 0 Å². The van der Waals surface area contributed by atoms with Crippen molar-refractivity contribution in [3.05, 3.63) is 97.1 Å². The van der Waals surface area contributed by atoms with Crippen LogP contribution in [0.3, 0.4) is 0 Å². The molecule has 0 bridgehead atoms. The van der Waals surface area contributed by atoms with E-state index >= 15 is 0 Å². The fourth-order valence-corrected chi connectivity index (χ4v) is 4.67. The lowest BCUT2D eigenvalue weighted by Gasteiger charge is -2.09. The van der Waals surface area contributed by atoms with Crippen LogP contribution >= 0.6 is 0 Å². The van der Waals surface area contributed by atoms with E-state index < -0.39 is 20.2 Å². The van der Waals surface area contributed by atoms with E-state index in [1.165, 1.54) is 6.07 Å². The fourth-order valence-electron chi connectivity index (χ4n) is 2.99. The standard InChI is InChI=1S/C13H12O3S.C9H10O3S/c1-2-5-11-9-8-10-6-3-4-7-12(10)13(11)17(14,15)16;1-2-5-8-6-3-4-7-9(8)13(10,11)12/h2-4,6-9H,1,5H2,(H,14,15,16);2-4,6-7H,1,5H2,(H,10,11,12). The molecular formula is C22H22O6S2. The summed E-state index contributed by atoms with van der Waals surface area (Å²) in [7, 11) is -8.33. The van der Waals surface area contributed by atoms with Crippen LogP contribution in [0.4, 0.5) is 0 Å². The van der Waals surface area contributed by atoms with Gasteiger partial charge in [0, 0.05) is 5.39 Å². The smallest absolute Gasteiger partial charge is 0.282 e. The first-order valence-electron chi connectivity index (χ1n) is 8.85. The van der Waals surface area contributed by atoms with Crippen LogP contribution in [0.25, 0.3) is 10.8 Å². The SMILES string of the molecule is C=CCc1ccc2ccccc2c1S(=O)(=O)O.C=CCc1ccccc1S(=O)(=O)O. The Morgan fingerprint density at radius 1 is 0.700 bits per heavy atom. The third-order valence-electron chi connectivity index (χ3n) is 4.20. The summed E-state index contributed by atoms with van der Waals surface area (Å²) in [5.41, 5.74) is 1.11. The van der Waals surface area contributed by atoms with Gasteiger partial charge in [-0.3, -0.25) is 9.11 Å². The minimum atomic E-state index is -4.23. The van der Waals surface area contributed by atoms with E-state index in [-0.39, 0.29) is 9.79 Å². The van der Waals surface area contributed by atoms with Gasteiger partial charge >= 0.3 is 0 Å². The zero-order valence-corrected chi connectivity index (χ0v) is 17.7. The van der Waals surface area contributed by atoms with Crippen molar-refractivity contribution in [1.29, 1.82) is 0 Å². The monoisotopic (exact) mass is 446 g/mol. The molecular weight excluding hydrogens is 424 g/mol. The third-order valence-corrected chi connectivity index (χ3v) is 6.15. The topological polar surface area (TPSA) is 109 Å². The summed E-state index contributed by atoms with van der Waals surface area (Å²) < 4.78 is 62.8. The Morgan fingerprint density at radius 2 is 1.27 bits per heavy atom. The second-order valence-electron chi connectivity index (χ2n) is 6.32. The number of rotatable bonds is 6. The van der Waals surface area contributed by atoms with Gasteiger partial charge in [0.2, 0.25) is 0 Å². The van der Waals surface area contributed by atoms with Crippen LogP contribution < -0.4 is 0 Å². The molecule has 6 nitrogen and oxygen atoms in total. The van der Waals surface area contributed by atoms with E-state index in [2.05, 4.69) is 13.2 Å². The summed E-state index contributed by atoms with van der Waals surface area (Å²) in [5.74, 6) is 0. The molecule has 30 heavy (non-hydrogen) atoms. The molecule has 158 valence electrons. The Balaban J connectivity index is 0.000000222. The van der Waals surface area contributed by atoms with Crippen LogP contribution in [0, 0.1) is 0 Å². The van der Waals surface area contributed by atoms with E-state index in [0.717, 1.165) is 5.39 Å². The van der Waals surface area contributed by atoms with Gasteiger partial charge < -0.3 is 0 Å². The summed E-state index contributed by atoms with van der Waals surface area (Å²) in [6, 6.07) is 16.9. The fraction of sp³-hybridized carbons (Fsp3) is 0.0909. The van der Waals surface area contributed by atoms with Crippen LogP contribution in [0.15, 0.2) is 95.8 Å². The van der Waals surface area contributed by atoms with Gasteiger partial charge in [-0.1, -0.05) is 66.7 Å². The van der Waals surface area contributed by atoms with E-state index in [9.17, 15) is 21.4 Å². The molecule has 0 unspecified atom stereocenters. The molecule has 0 amide bonds. The zero-order valence-electron chi connectivity index (χ0n) is 16.1. The van der Waals surface area contributed by atoms with E-state index in [4.69, 9.17) is 4.55 Å². The largest absolute Gasteiger partial charge is 0.295 e. The highest BCUT2D eigenvalue weighted by Gasteiger charge is 2.18. The second kappa shape index (κ2) is 9.82. The maximum absolute atomic E-state index is 11.5. The van der Waals surface area contributed by atoms with Crippen LogP contribution in [-0.4, -0.2) is 25.9 Å². The third kappa shape index (κ3) is 5.87. The summed E-state index contributed by atoms with van der Waals surface area (Å²) in [5, 5.41) is 1.32. The van der Waals surface area contributed by atoms with Gasteiger partial charge in [-0.15, -0.1) is 13.2 Å². The molecule has 0 fully saturated rings. The second-order valence-corrected chi connectivity index (χ2v) is 9.07. The minimum absolute atomic E-state index is 0.0181. The first kappa shape index (κ1) is 23.5. The van der Waals surface area contributed by atoms with Crippen molar-refractivity contribution in [2.45, 2.75) is 22.6 Å². The van der Waals surface area contributed by atoms with E-state index in [1.54, 1.807) is 48.6 Å². The van der Waals surface area contributed by atoms with Crippen molar-refractivity contribution in [2.24, 2.45) is 0 Å². The lowest BCUT2D eigenvalue weighted by atomic mass is 10.0. The number of benzene rings is 3. The number of fused-ring (bicyclic) bond motifs is 1. The maximum atomic E-state index is 11.5. The predicted molar refractivity (Wildman–Crippen MR) is 118 cm³/mol. The molecule has 3 rings (SSSR count). The van der Waals surface area contributed by atoms with E-state index in [1.807, 2.05) is 18.2 Å². The Kier molecular flexibility index (Phi) is 7.69. The molecule has 0 radical (unpaired) electrons. The Bertz CT molecular complexity index is 1280. The van der Waals surface area contributed by atoms with Crippen molar-refractivity contribution >= 4 is 31.0 Å². The highest BCUT2D eigenvalue weighted by molar-refractivity contribution is 7.86. The molecule has 0 saturated carbocycles. The summed E-state index contributed by atoms with van der Waals surface area (Å²) in [4.78, 5) is -0.0644. The molecule has 0 aromatic heterocycles. The highest BCUT2D eigenvalue weighted by atomic mass is 32.2. The first-order valence-corrected chi connectivity index (χ1v) is 11.7. The molecule has 0 atom stereocenters. The van der Waals surface area contributed by atoms with Crippen molar-refractivity contribution in [3.8, 4) is 0 Å². The molecule has 0 heterocycles. The minimum Gasteiger partial charge on any atom is -0.282 e. The summed E-state index contributed by atoms with van der Waals surface area (Å²) in [6.07, 6.45) is 4.03. The van der Waals surface area contributed by atoms with Crippen LogP contribution in [-0.2, 0) is 33.1 Å². The molecule has 8 heteroatoms. The van der Waals surface area contributed by atoms with Crippen molar-refractivity contribution in [1.82, 2.24) is 0 Å². The zero-order chi connectivity index (χ0) is 22.4. The molecule has 3 aromatic carbocycles. The maximum Gasteiger partial charge on any atom is 0.295 e. The van der Waals surface area contributed by atoms with Gasteiger partial charge in [0.1, 0.15) is 4.90 Å². The highest BCUT2D eigenvalue weighted by Crippen LogP contribution is 2.27. The lowest BCUT2D eigenvalue weighted by molar-refractivity contribution is 0.480. The van der Waals surface area contributed by atoms with Crippen LogP contribution in [0.5, 0.6) is 0 Å². The number of allylic oxidation sites excluding steroid dienone is 2. The van der Waals surface area contributed by atoms with Crippen molar-refractivity contribution in [3.63, 3.8) is 0 Å². The molecule has 0 saturated heterocycles. The number of hydrogen-bond donors (Lipinski definition) is 2. The van der Waals surface area contributed by atoms with Gasteiger partial charge in [0.15, 0.2) is 0 Å². The van der Waals surface area contributed by atoms with Crippen molar-refractivity contribution in [2.75, 3.05) is 0 Å². The van der Waals surface area contributed by atoms with Gasteiger partial charge in [-0.25, -0.2) is 0 Å². The molecule has 0 aliphatic carbocycles. The predicted octanol–water partition coefficient (Wildman–Crippen LogP) is 4.48. The Hall–Kier alpha value is -2.78. The quantitative estimate of drug-likeness (QED) is 0.427. The van der Waals surface area contributed by atoms with Gasteiger partial charge in [-0.2, -0.15) is 16.8 Å². The first-order chi connectivity index (χ1) is 14.1. The Labute approximate surface area is 176 Å². The molecule has 0 spiro atoms. The van der Waals surface area contributed by atoms with Crippen LogP contribution in [0.1, 0.15) is 11.1 Å². The molecule has 3 aromatic rings. The molecule has 2 N–H and O–H groups in total. The normalized spacial score (nSPS) is 11.4. The summed E-state index contributed by atoms with van der Waals surface area (Å²) >= 11 is 0. The Morgan fingerprint density at radius 3 is 1.87 bits per heavy atom. The molecule has 0 aliphatic rings. The van der Waals surface area contributed by atoms with E-state index in [0.29, 0.717) is 29.4 Å². The van der Waals surface area contributed by atoms with Gasteiger partial charge in [-0.05, 0) is 35.4 Å².